The molecule has 0 fully saturated rings. The molecule has 0 amide bonds. The van der Waals surface area contributed by atoms with E-state index in [1.807, 2.05) is 0 Å². The highest BCUT2D eigenvalue weighted by molar-refractivity contribution is 6.34. The summed E-state index contributed by atoms with van der Waals surface area (Å²) in [6, 6.07) is 1.22. The van der Waals surface area contributed by atoms with E-state index >= 15 is 0 Å². The zero-order valence-electron chi connectivity index (χ0n) is 8.61. The van der Waals surface area contributed by atoms with E-state index in [2.05, 4.69) is 0 Å². The number of carboxylic acids is 1. The molecule has 16 heavy (non-hydrogen) atoms. The van der Waals surface area contributed by atoms with Gasteiger partial charge < -0.3 is 14.6 Å². The van der Waals surface area contributed by atoms with E-state index in [1.165, 1.54) is 20.3 Å². The molecule has 1 aromatic carbocycles. The molecular weight excluding hydrogens is 236 g/mol. The second kappa shape index (κ2) is 4.85. The fraction of sp³-hybridized carbons (Fsp3) is 0.200. The molecule has 0 saturated carbocycles. The Morgan fingerprint density at radius 3 is 2.31 bits per heavy atom. The van der Waals surface area contributed by atoms with Crippen molar-refractivity contribution >= 4 is 23.9 Å². The predicted molar refractivity (Wildman–Crippen MR) is 56.9 cm³/mol. The first-order chi connectivity index (χ1) is 7.56. The van der Waals surface area contributed by atoms with E-state index in [0.717, 1.165) is 0 Å². The van der Waals surface area contributed by atoms with Crippen molar-refractivity contribution in [2.45, 2.75) is 0 Å². The first-order valence-electron chi connectivity index (χ1n) is 4.19. The van der Waals surface area contributed by atoms with Crippen molar-refractivity contribution in [2.24, 2.45) is 0 Å². The molecule has 0 saturated heterocycles. The molecule has 0 unspecified atom stereocenters. The highest BCUT2D eigenvalue weighted by Crippen LogP contribution is 2.38. The zero-order chi connectivity index (χ0) is 12.3. The molecule has 0 spiro atoms. The van der Waals surface area contributed by atoms with Crippen LogP contribution in [0, 0.1) is 0 Å². The topological polar surface area (TPSA) is 72.8 Å². The van der Waals surface area contributed by atoms with Gasteiger partial charge in [0.1, 0.15) is 5.56 Å². The van der Waals surface area contributed by atoms with Gasteiger partial charge in [-0.3, -0.25) is 4.79 Å². The smallest absolute Gasteiger partial charge is 0.341 e. The van der Waals surface area contributed by atoms with Gasteiger partial charge in [-0.25, -0.2) is 4.79 Å². The van der Waals surface area contributed by atoms with Gasteiger partial charge >= 0.3 is 5.97 Å². The molecule has 1 N–H and O–H groups in total. The lowest BCUT2D eigenvalue weighted by Gasteiger charge is -2.13. The fourth-order valence-electron chi connectivity index (χ4n) is 1.32. The third-order valence-corrected chi connectivity index (χ3v) is 2.26. The third-order valence-electron chi connectivity index (χ3n) is 1.97. The average molecular weight is 245 g/mol. The second-order valence-electron chi connectivity index (χ2n) is 2.81. The normalized spacial score (nSPS) is 9.69. The Labute approximate surface area is 96.5 Å². The number of aromatic carboxylic acids is 1. The lowest BCUT2D eigenvalue weighted by molar-refractivity contribution is 0.0692. The van der Waals surface area contributed by atoms with Crippen molar-refractivity contribution in [3.8, 4) is 11.5 Å². The molecule has 0 atom stereocenters. The zero-order valence-corrected chi connectivity index (χ0v) is 9.37. The van der Waals surface area contributed by atoms with Gasteiger partial charge in [-0.05, 0) is 6.07 Å². The number of aldehydes is 1. The Kier molecular flexibility index (Phi) is 3.73. The highest BCUT2D eigenvalue weighted by atomic mass is 35.5. The molecule has 0 bridgehead atoms. The van der Waals surface area contributed by atoms with Crippen LogP contribution in [-0.4, -0.2) is 31.6 Å². The lowest BCUT2D eigenvalue weighted by atomic mass is 10.1. The quantitative estimate of drug-likeness (QED) is 0.819. The molecule has 0 aliphatic rings. The first-order valence-corrected chi connectivity index (χ1v) is 4.57. The number of ether oxygens (including phenoxy) is 2. The number of hydrogen-bond acceptors (Lipinski definition) is 4. The standard InChI is InChI=1S/C10H9ClO5/c1-15-8-5(4-12)3-6(11)7(10(13)14)9(8)16-2/h3-4H,1-2H3,(H,13,14). The van der Waals surface area contributed by atoms with Gasteiger partial charge in [0, 0.05) is 0 Å². The number of halogens is 1. The van der Waals surface area contributed by atoms with Gasteiger partial charge in [0.25, 0.3) is 0 Å². The van der Waals surface area contributed by atoms with E-state index in [9.17, 15) is 9.59 Å². The lowest BCUT2D eigenvalue weighted by Crippen LogP contribution is -2.05. The summed E-state index contributed by atoms with van der Waals surface area (Å²) >= 11 is 5.74. The minimum absolute atomic E-state index is 0.0549. The molecule has 0 radical (unpaired) electrons. The second-order valence-corrected chi connectivity index (χ2v) is 3.22. The largest absolute Gasteiger partial charge is 0.492 e. The van der Waals surface area contributed by atoms with Crippen LogP contribution in [0.15, 0.2) is 6.07 Å². The summed E-state index contributed by atoms with van der Waals surface area (Å²) in [5.41, 5.74) is -0.0963. The molecule has 1 aromatic rings. The Morgan fingerprint density at radius 2 is 1.94 bits per heavy atom. The summed E-state index contributed by atoms with van der Waals surface area (Å²) in [6.45, 7) is 0. The first kappa shape index (κ1) is 12.3. The van der Waals surface area contributed by atoms with Gasteiger partial charge in [-0.1, -0.05) is 11.6 Å². The summed E-state index contributed by atoms with van der Waals surface area (Å²) in [4.78, 5) is 21.7. The van der Waals surface area contributed by atoms with Crippen LogP contribution in [0.2, 0.25) is 5.02 Å². The predicted octanol–water partition coefficient (Wildman–Crippen LogP) is 1.87. The van der Waals surface area contributed by atoms with E-state index < -0.39 is 5.97 Å². The number of methoxy groups -OCH3 is 2. The minimum Gasteiger partial charge on any atom is -0.492 e. The number of carbonyl (C=O) groups is 2. The SMILES string of the molecule is COc1c(C=O)cc(Cl)c(C(=O)O)c1OC. The van der Waals surface area contributed by atoms with Crippen molar-refractivity contribution in [3.05, 3.63) is 22.2 Å². The van der Waals surface area contributed by atoms with Gasteiger partial charge in [-0.15, -0.1) is 0 Å². The maximum Gasteiger partial charge on any atom is 0.341 e. The summed E-state index contributed by atoms with van der Waals surface area (Å²) < 4.78 is 9.83. The van der Waals surface area contributed by atoms with Crippen LogP contribution < -0.4 is 9.47 Å². The number of carbonyl (C=O) groups excluding carboxylic acids is 1. The number of benzene rings is 1. The highest BCUT2D eigenvalue weighted by Gasteiger charge is 2.23. The summed E-state index contributed by atoms with van der Waals surface area (Å²) in [6.07, 6.45) is 0.513. The summed E-state index contributed by atoms with van der Waals surface area (Å²) in [7, 11) is 2.58. The van der Waals surface area contributed by atoms with Crippen LogP contribution in [0.4, 0.5) is 0 Å². The van der Waals surface area contributed by atoms with Crippen LogP contribution in [0.1, 0.15) is 20.7 Å². The van der Waals surface area contributed by atoms with Crippen molar-refractivity contribution in [2.75, 3.05) is 14.2 Å². The van der Waals surface area contributed by atoms with Crippen molar-refractivity contribution in [1.29, 1.82) is 0 Å². The minimum atomic E-state index is -1.25. The van der Waals surface area contributed by atoms with Gasteiger partial charge in [0.2, 0.25) is 0 Å². The molecule has 1 rings (SSSR count). The van der Waals surface area contributed by atoms with E-state index in [4.69, 9.17) is 26.2 Å². The molecule has 0 aromatic heterocycles. The molecule has 0 heterocycles. The monoisotopic (exact) mass is 244 g/mol. The van der Waals surface area contributed by atoms with E-state index in [1.54, 1.807) is 0 Å². The van der Waals surface area contributed by atoms with Gasteiger partial charge in [-0.2, -0.15) is 0 Å². The molecular formula is C10H9ClO5. The Bertz CT molecular complexity index is 441. The Morgan fingerprint density at radius 1 is 1.38 bits per heavy atom. The Hall–Kier alpha value is -1.75. The van der Waals surface area contributed by atoms with Crippen LogP contribution in [0.3, 0.4) is 0 Å². The van der Waals surface area contributed by atoms with Crippen LogP contribution in [-0.2, 0) is 0 Å². The summed E-state index contributed by atoms with van der Waals surface area (Å²) in [5.74, 6) is -1.26. The van der Waals surface area contributed by atoms with E-state index in [0.29, 0.717) is 6.29 Å². The average Bonchev–Trinajstić information content (AvgIpc) is 2.26. The summed E-state index contributed by atoms with van der Waals surface area (Å²) in [5, 5.41) is 8.88. The Balaban J connectivity index is 3.64. The third kappa shape index (κ3) is 1.94. The van der Waals surface area contributed by atoms with Gasteiger partial charge in [0.05, 0.1) is 24.8 Å². The molecule has 86 valence electrons. The maximum absolute atomic E-state index is 11.0. The van der Waals surface area contributed by atoms with Crippen molar-refractivity contribution in [1.82, 2.24) is 0 Å². The molecule has 0 aliphatic heterocycles. The molecule has 5 nitrogen and oxygen atoms in total. The fourth-order valence-corrected chi connectivity index (χ4v) is 1.60. The van der Waals surface area contributed by atoms with Crippen LogP contribution >= 0.6 is 11.6 Å². The van der Waals surface area contributed by atoms with E-state index in [-0.39, 0.29) is 27.6 Å². The maximum atomic E-state index is 11.0. The molecule has 0 aliphatic carbocycles. The van der Waals surface area contributed by atoms with Gasteiger partial charge in [0.15, 0.2) is 17.8 Å². The number of hydrogen-bond donors (Lipinski definition) is 1. The number of rotatable bonds is 4. The van der Waals surface area contributed by atoms with Crippen LogP contribution in [0.5, 0.6) is 11.5 Å². The number of carboxylic acid groups (broad SMARTS) is 1. The van der Waals surface area contributed by atoms with Crippen molar-refractivity contribution < 1.29 is 24.2 Å². The van der Waals surface area contributed by atoms with Crippen LogP contribution in [0.25, 0.3) is 0 Å². The van der Waals surface area contributed by atoms with Crippen molar-refractivity contribution in [3.63, 3.8) is 0 Å². The molecule has 6 heteroatoms.